The zero-order valence-electron chi connectivity index (χ0n) is 18.8. The highest BCUT2D eigenvalue weighted by Gasteiger charge is 2.57. The Labute approximate surface area is 185 Å². The molecule has 2 saturated heterocycles. The molecule has 6 nitrogen and oxygen atoms in total. The molecule has 4 bridgehead atoms. The zero-order chi connectivity index (χ0) is 21.2. The van der Waals surface area contributed by atoms with Crippen LogP contribution >= 0.6 is 0 Å². The number of amides is 3. The van der Waals surface area contributed by atoms with Crippen molar-refractivity contribution in [3.63, 3.8) is 0 Å². The fraction of sp³-hybridized carbons (Fsp3) is 0.880. The SMILES string of the molecule is O=C(C1CCC1)N1CCN(C(=O)C2CCCN2C(=O)C23CC4CC(CC(C4)C2)C3)CC1. The molecule has 1 atom stereocenters. The summed E-state index contributed by atoms with van der Waals surface area (Å²) < 4.78 is 0. The highest BCUT2D eigenvalue weighted by Crippen LogP contribution is 2.60. The number of hydrogen-bond donors (Lipinski definition) is 0. The Bertz CT molecular complexity index is 733. The Morgan fingerprint density at radius 2 is 1.19 bits per heavy atom. The molecule has 5 aliphatic carbocycles. The maximum absolute atomic E-state index is 13.9. The van der Waals surface area contributed by atoms with Gasteiger partial charge in [-0.05, 0) is 82.0 Å². The first-order valence-corrected chi connectivity index (χ1v) is 12.9. The van der Waals surface area contributed by atoms with Gasteiger partial charge in [0.25, 0.3) is 0 Å². The quantitative estimate of drug-likeness (QED) is 0.696. The summed E-state index contributed by atoms with van der Waals surface area (Å²) in [5.41, 5.74) is -0.161. The van der Waals surface area contributed by atoms with Crippen molar-refractivity contribution in [1.29, 1.82) is 0 Å². The molecule has 0 radical (unpaired) electrons. The van der Waals surface area contributed by atoms with Crippen LogP contribution in [-0.4, -0.2) is 71.2 Å². The van der Waals surface area contributed by atoms with Crippen molar-refractivity contribution in [2.24, 2.45) is 29.1 Å². The summed E-state index contributed by atoms with van der Waals surface area (Å²) in [4.78, 5) is 45.7. The fourth-order valence-corrected chi connectivity index (χ4v) is 8.22. The molecule has 2 heterocycles. The first-order chi connectivity index (χ1) is 15.0. The van der Waals surface area contributed by atoms with Crippen molar-refractivity contribution in [1.82, 2.24) is 14.7 Å². The van der Waals surface area contributed by atoms with E-state index in [9.17, 15) is 14.4 Å². The lowest BCUT2D eigenvalue weighted by Crippen LogP contribution is -2.59. The van der Waals surface area contributed by atoms with Gasteiger partial charge in [0.15, 0.2) is 0 Å². The predicted octanol–water partition coefficient (Wildman–Crippen LogP) is 2.66. The molecule has 0 N–H and O–H groups in total. The largest absolute Gasteiger partial charge is 0.339 e. The van der Waals surface area contributed by atoms with E-state index in [0.717, 1.165) is 69.2 Å². The van der Waals surface area contributed by atoms with Crippen molar-refractivity contribution in [2.75, 3.05) is 32.7 Å². The Balaban J connectivity index is 1.11. The number of hydrogen-bond acceptors (Lipinski definition) is 3. The van der Waals surface area contributed by atoms with Crippen LogP contribution in [0, 0.1) is 29.1 Å². The lowest BCUT2D eigenvalue weighted by atomic mass is 9.49. The minimum absolute atomic E-state index is 0.131. The van der Waals surface area contributed by atoms with Gasteiger partial charge in [-0.25, -0.2) is 0 Å². The monoisotopic (exact) mass is 427 g/mol. The molecule has 170 valence electrons. The van der Waals surface area contributed by atoms with Gasteiger partial charge in [0.2, 0.25) is 17.7 Å². The van der Waals surface area contributed by atoms with Crippen molar-refractivity contribution in [3.8, 4) is 0 Å². The van der Waals surface area contributed by atoms with Gasteiger partial charge in [0.05, 0.1) is 5.41 Å². The maximum Gasteiger partial charge on any atom is 0.245 e. The molecule has 0 aromatic heterocycles. The first kappa shape index (κ1) is 20.0. The van der Waals surface area contributed by atoms with Crippen LogP contribution in [0.2, 0.25) is 0 Å². The van der Waals surface area contributed by atoms with E-state index in [1.165, 1.54) is 25.7 Å². The third kappa shape index (κ3) is 3.31. The van der Waals surface area contributed by atoms with Gasteiger partial charge in [-0.1, -0.05) is 6.42 Å². The highest BCUT2D eigenvalue weighted by molar-refractivity contribution is 5.91. The van der Waals surface area contributed by atoms with Crippen LogP contribution in [0.5, 0.6) is 0 Å². The van der Waals surface area contributed by atoms with E-state index >= 15 is 0 Å². The molecule has 7 aliphatic rings. The van der Waals surface area contributed by atoms with Gasteiger partial charge < -0.3 is 14.7 Å². The second-order valence-electron chi connectivity index (χ2n) is 11.6. The van der Waals surface area contributed by atoms with Gasteiger partial charge in [-0.2, -0.15) is 0 Å². The van der Waals surface area contributed by atoms with Crippen LogP contribution in [0.3, 0.4) is 0 Å². The Hall–Kier alpha value is -1.59. The molecule has 3 amide bonds. The molecule has 7 rings (SSSR count). The number of piperazine rings is 1. The van der Waals surface area contributed by atoms with Gasteiger partial charge in [-0.15, -0.1) is 0 Å². The molecular weight excluding hydrogens is 390 g/mol. The standard InChI is InChI=1S/C25H37N3O3/c29-22(20-3-1-4-20)26-7-9-27(10-8-26)23(30)21-5-2-6-28(21)24(31)25-14-17-11-18(15-25)13-19(12-17)16-25/h17-21H,1-16H2. The molecule has 0 aromatic rings. The Morgan fingerprint density at radius 3 is 1.71 bits per heavy atom. The molecule has 7 fully saturated rings. The van der Waals surface area contributed by atoms with Crippen molar-refractivity contribution >= 4 is 17.7 Å². The van der Waals surface area contributed by atoms with Crippen LogP contribution in [-0.2, 0) is 14.4 Å². The maximum atomic E-state index is 13.9. The predicted molar refractivity (Wildman–Crippen MR) is 116 cm³/mol. The number of likely N-dealkylation sites (tertiary alicyclic amines) is 1. The average Bonchev–Trinajstić information content (AvgIpc) is 3.20. The fourth-order valence-electron chi connectivity index (χ4n) is 8.22. The minimum Gasteiger partial charge on any atom is -0.339 e. The normalized spacial score (nSPS) is 39.7. The number of carbonyl (C=O) groups excluding carboxylic acids is 3. The van der Waals surface area contributed by atoms with E-state index in [-0.39, 0.29) is 29.2 Å². The lowest BCUT2D eigenvalue weighted by Gasteiger charge is -2.56. The minimum atomic E-state index is -0.269. The van der Waals surface area contributed by atoms with Gasteiger partial charge in [0, 0.05) is 38.6 Å². The Morgan fingerprint density at radius 1 is 0.645 bits per heavy atom. The van der Waals surface area contributed by atoms with E-state index in [2.05, 4.69) is 0 Å². The van der Waals surface area contributed by atoms with Crippen LogP contribution in [0.25, 0.3) is 0 Å². The van der Waals surface area contributed by atoms with Crippen molar-refractivity contribution < 1.29 is 14.4 Å². The smallest absolute Gasteiger partial charge is 0.245 e. The molecule has 0 spiro atoms. The highest BCUT2D eigenvalue weighted by atomic mass is 16.2. The first-order valence-electron chi connectivity index (χ1n) is 12.9. The topological polar surface area (TPSA) is 60.9 Å². The lowest BCUT2D eigenvalue weighted by molar-refractivity contribution is -0.162. The zero-order valence-corrected chi connectivity index (χ0v) is 18.8. The summed E-state index contributed by atoms with van der Waals surface area (Å²) in [6.45, 7) is 3.28. The van der Waals surface area contributed by atoms with E-state index in [1.807, 2.05) is 14.7 Å². The molecule has 1 unspecified atom stereocenters. The second kappa shape index (κ2) is 7.48. The Kier molecular flexibility index (Phi) is 4.84. The summed E-state index contributed by atoms with van der Waals surface area (Å²) in [6.07, 6.45) is 12.2. The summed E-state index contributed by atoms with van der Waals surface area (Å²) in [5, 5.41) is 0. The number of nitrogens with zero attached hydrogens (tertiary/aromatic N) is 3. The molecule has 0 aromatic carbocycles. The summed E-state index contributed by atoms with van der Waals surface area (Å²) >= 11 is 0. The van der Waals surface area contributed by atoms with E-state index in [1.54, 1.807) is 0 Å². The van der Waals surface area contributed by atoms with Crippen LogP contribution in [0.4, 0.5) is 0 Å². The summed E-state index contributed by atoms with van der Waals surface area (Å²) in [6, 6.07) is -0.269. The molecule has 6 heteroatoms. The number of rotatable bonds is 3. The van der Waals surface area contributed by atoms with E-state index in [4.69, 9.17) is 0 Å². The molecule has 5 saturated carbocycles. The third-order valence-electron chi connectivity index (χ3n) is 9.65. The van der Waals surface area contributed by atoms with Crippen LogP contribution in [0.1, 0.15) is 70.6 Å². The van der Waals surface area contributed by atoms with Crippen LogP contribution < -0.4 is 0 Å². The van der Waals surface area contributed by atoms with Gasteiger partial charge >= 0.3 is 0 Å². The second-order valence-corrected chi connectivity index (χ2v) is 11.6. The van der Waals surface area contributed by atoms with Gasteiger partial charge in [-0.3, -0.25) is 14.4 Å². The average molecular weight is 428 g/mol. The van der Waals surface area contributed by atoms with E-state index < -0.39 is 0 Å². The van der Waals surface area contributed by atoms with Gasteiger partial charge in [0.1, 0.15) is 6.04 Å². The molecule has 31 heavy (non-hydrogen) atoms. The van der Waals surface area contributed by atoms with Crippen LogP contribution in [0.15, 0.2) is 0 Å². The van der Waals surface area contributed by atoms with Crippen molar-refractivity contribution in [3.05, 3.63) is 0 Å². The number of carbonyl (C=O) groups is 3. The summed E-state index contributed by atoms with van der Waals surface area (Å²) in [5.74, 6) is 3.19. The third-order valence-corrected chi connectivity index (χ3v) is 9.65. The van der Waals surface area contributed by atoms with E-state index in [0.29, 0.717) is 32.1 Å². The molecule has 2 aliphatic heterocycles. The summed E-state index contributed by atoms with van der Waals surface area (Å²) in [7, 11) is 0. The molecular formula is C25H37N3O3. The van der Waals surface area contributed by atoms with Crippen molar-refractivity contribution in [2.45, 2.75) is 76.7 Å².